The van der Waals surface area contributed by atoms with E-state index in [4.69, 9.17) is 0 Å². The first-order valence-electron chi connectivity index (χ1n) is 8.58. The zero-order valence-corrected chi connectivity index (χ0v) is 14.4. The van der Waals surface area contributed by atoms with Gasteiger partial charge in [-0.2, -0.15) is 0 Å². The van der Waals surface area contributed by atoms with E-state index in [0.717, 1.165) is 30.6 Å². The summed E-state index contributed by atoms with van der Waals surface area (Å²) in [6.45, 7) is 8.41. The van der Waals surface area contributed by atoms with Crippen molar-refractivity contribution in [1.29, 1.82) is 0 Å². The molecule has 0 unspecified atom stereocenters. The summed E-state index contributed by atoms with van der Waals surface area (Å²) in [5.41, 5.74) is 3.38. The molecule has 0 spiro atoms. The normalized spacial score (nSPS) is 11.3. The molecule has 0 radical (unpaired) electrons. The molecule has 0 atom stereocenters. The lowest BCUT2D eigenvalue weighted by atomic mass is 10.0. The third-order valence-electron chi connectivity index (χ3n) is 4.13. The molecule has 0 fully saturated rings. The summed E-state index contributed by atoms with van der Waals surface area (Å²) >= 11 is 0. The van der Waals surface area contributed by atoms with E-state index in [1.807, 2.05) is 0 Å². The van der Waals surface area contributed by atoms with Gasteiger partial charge >= 0.3 is 0 Å². The van der Waals surface area contributed by atoms with Crippen LogP contribution in [-0.2, 0) is 13.0 Å². The standard InChI is InChI=1S/C19H33NO/c1-5-7-8-9-10-11-12-20(4)15-18-14-16(3)13-17(6-2)19(18)21/h13-14,21H,5-12,15H2,1-4H3. The number of aryl methyl sites for hydroxylation is 2. The van der Waals surface area contributed by atoms with Crippen molar-refractivity contribution < 1.29 is 5.11 Å². The van der Waals surface area contributed by atoms with Crippen LogP contribution in [0.1, 0.15) is 69.1 Å². The van der Waals surface area contributed by atoms with Crippen molar-refractivity contribution in [1.82, 2.24) is 4.90 Å². The van der Waals surface area contributed by atoms with E-state index in [1.165, 1.54) is 44.1 Å². The summed E-state index contributed by atoms with van der Waals surface area (Å²) in [6.07, 6.45) is 8.88. The van der Waals surface area contributed by atoms with E-state index in [9.17, 15) is 5.11 Å². The van der Waals surface area contributed by atoms with E-state index in [0.29, 0.717) is 5.75 Å². The number of benzene rings is 1. The second-order valence-corrected chi connectivity index (χ2v) is 6.29. The maximum atomic E-state index is 10.3. The molecule has 0 saturated heterocycles. The summed E-state index contributed by atoms with van der Waals surface area (Å²) in [4.78, 5) is 2.33. The van der Waals surface area contributed by atoms with E-state index in [2.05, 4.69) is 44.9 Å². The van der Waals surface area contributed by atoms with Crippen LogP contribution in [0.4, 0.5) is 0 Å². The van der Waals surface area contributed by atoms with Crippen LogP contribution in [0.3, 0.4) is 0 Å². The minimum atomic E-state index is 0.498. The fraction of sp³-hybridized carbons (Fsp3) is 0.684. The van der Waals surface area contributed by atoms with Gasteiger partial charge in [-0.05, 0) is 38.9 Å². The average Bonchev–Trinajstić information content (AvgIpc) is 2.46. The van der Waals surface area contributed by atoms with Gasteiger partial charge in [0, 0.05) is 12.1 Å². The molecule has 120 valence electrons. The predicted molar refractivity (Wildman–Crippen MR) is 91.9 cm³/mol. The monoisotopic (exact) mass is 291 g/mol. The van der Waals surface area contributed by atoms with Crippen molar-refractivity contribution in [2.24, 2.45) is 0 Å². The third-order valence-corrected chi connectivity index (χ3v) is 4.13. The Kier molecular flexibility index (Phi) is 8.44. The van der Waals surface area contributed by atoms with Crippen LogP contribution in [0.15, 0.2) is 12.1 Å². The summed E-state index contributed by atoms with van der Waals surface area (Å²) in [6, 6.07) is 4.21. The highest BCUT2D eigenvalue weighted by molar-refractivity contribution is 5.43. The van der Waals surface area contributed by atoms with Gasteiger partial charge in [0.2, 0.25) is 0 Å². The predicted octanol–water partition coefficient (Wildman–Crippen LogP) is 5.06. The minimum absolute atomic E-state index is 0.498. The molecular weight excluding hydrogens is 258 g/mol. The Morgan fingerprint density at radius 1 is 0.952 bits per heavy atom. The molecule has 2 nitrogen and oxygen atoms in total. The van der Waals surface area contributed by atoms with Crippen molar-refractivity contribution in [3.8, 4) is 5.75 Å². The highest BCUT2D eigenvalue weighted by Crippen LogP contribution is 2.26. The van der Waals surface area contributed by atoms with Crippen molar-refractivity contribution in [2.75, 3.05) is 13.6 Å². The van der Waals surface area contributed by atoms with Crippen LogP contribution in [0, 0.1) is 6.92 Å². The topological polar surface area (TPSA) is 23.5 Å². The van der Waals surface area contributed by atoms with Gasteiger partial charge in [0.15, 0.2) is 0 Å². The molecule has 1 rings (SSSR count). The maximum Gasteiger partial charge on any atom is 0.123 e. The second-order valence-electron chi connectivity index (χ2n) is 6.29. The smallest absolute Gasteiger partial charge is 0.123 e. The van der Waals surface area contributed by atoms with Crippen molar-refractivity contribution in [3.63, 3.8) is 0 Å². The summed E-state index contributed by atoms with van der Waals surface area (Å²) in [7, 11) is 2.15. The number of nitrogens with zero attached hydrogens (tertiary/aromatic N) is 1. The van der Waals surface area contributed by atoms with E-state index in [-0.39, 0.29) is 0 Å². The fourth-order valence-electron chi connectivity index (χ4n) is 2.86. The van der Waals surface area contributed by atoms with Crippen LogP contribution in [0.5, 0.6) is 5.75 Å². The van der Waals surface area contributed by atoms with Crippen LogP contribution in [-0.4, -0.2) is 23.6 Å². The van der Waals surface area contributed by atoms with Gasteiger partial charge in [-0.3, -0.25) is 0 Å². The number of unbranched alkanes of at least 4 members (excludes halogenated alkanes) is 5. The maximum absolute atomic E-state index is 10.3. The molecule has 1 N–H and O–H groups in total. The third kappa shape index (κ3) is 6.52. The largest absolute Gasteiger partial charge is 0.507 e. The molecule has 1 aromatic rings. The quantitative estimate of drug-likeness (QED) is 0.609. The number of hydrogen-bond acceptors (Lipinski definition) is 2. The molecule has 0 aliphatic heterocycles. The lowest BCUT2D eigenvalue weighted by Crippen LogP contribution is -2.19. The Balaban J connectivity index is 2.40. The molecule has 0 amide bonds. The summed E-state index contributed by atoms with van der Waals surface area (Å²) < 4.78 is 0. The minimum Gasteiger partial charge on any atom is -0.507 e. The number of phenols is 1. The lowest BCUT2D eigenvalue weighted by molar-refractivity contribution is 0.310. The highest BCUT2D eigenvalue weighted by atomic mass is 16.3. The van der Waals surface area contributed by atoms with Crippen LogP contribution in [0.2, 0.25) is 0 Å². The molecule has 0 heterocycles. The Hall–Kier alpha value is -1.02. The van der Waals surface area contributed by atoms with Gasteiger partial charge in [0.05, 0.1) is 0 Å². The molecule has 0 aromatic heterocycles. The molecule has 0 aliphatic carbocycles. The second kappa shape index (κ2) is 9.83. The highest BCUT2D eigenvalue weighted by Gasteiger charge is 2.09. The SMILES string of the molecule is CCCCCCCCN(C)Cc1cc(C)cc(CC)c1O. The Morgan fingerprint density at radius 3 is 2.24 bits per heavy atom. The Bertz CT molecular complexity index is 414. The first-order valence-corrected chi connectivity index (χ1v) is 8.58. The van der Waals surface area contributed by atoms with Crippen LogP contribution in [0.25, 0.3) is 0 Å². The zero-order valence-electron chi connectivity index (χ0n) is 14.4. The fourth-order valence-corrected chi connectivity index (χ4v) is 2.86. The van der Waals surface area contributed by atoms with E-state index < -0.39 is 0 Å². The number of phenolic OH excluding ortho intramolecular Hbond substituents is 1. The van der Waals surface area contributed by atoms with Gasteiger partial charge < -0.3 is 10.0 Å². The van der Waals surface area contributed by atoms with Gasteiger partial charge in [-0.15, -0.1) is 0 Å². The molecule has 0 bridgehead atoms. The van der Waals surface area contributed by atoms with E-state index in [1.54, 1.807) is 0 Å². The Labute approximate surface area is 131 Å². The lowest BCUT2D eigenvalue weighted by Gasteiger charge is -2.19. The number of rotatable bonds is 10. The molecule has 2 heteroatoms. The van der Waals surface area contributed by atoms with Crippen molar-refractivity contribution >= 4 is 0 Å². The van der Waals surface area contributed by atoms with Crippen LogP contribution < -0.4 is 0 Å². The summed E-state index contributed by atoms with van der Waals surface area (Å²) in [5, 5.41) is 10.3. The van der Waals surface area contributed by atoms with Crippen LogP contribution >= 0.6 is 0 Å². The Morgan fingerprint density at radius 2 is 1.57 bits per heavy atom. The summed E-state index contributed by atoms with van der Waals surface area (Å²) in [5.74, 6) is 0.498. The average molecular weight is 291 g/mol. The molecule has 0 aliphatic rings. The van der Waals surface area contributed by atoms with Gasteiger partial charge in [-0.25, -0.2) is 0 Å². The molecule has 1 aromatic carbocycles. The molecular formula is C19H33NO. The molecule has 21 heavy (non-hydrogen) atoms. The first-order chi connectivity index (χ1) is 10.1. The van der Waals surface area contributed by atoms with Gasteiger partial charge in [0.1, 0.15) is 5.75 Å². The van der Waals surface area contributed by atoms with Crippen molar-refractivity contribution in [3.05, 3.63) is 28.8 Å². The van der Waals surface area contributed by atoms with E-state index >= 15 is 0 Å². The number of hydrogen-bond donors (Lipinski definition) is 1. The number of aromatic hydroxyl groups is 1. The molecule has 0 saturated carbocycles. The zero-order chi connectivity index (χ0) is 15.7. The van der Waals surface area contributed by atoms with Crippen molar-refractivity contribution in [2.45, 2.75) is 72.3 Å². The van der Waals surface area contributed by atoms with Gasteiger partial charge in [0.25, 0.3) is 0 Å². The first kappa shape index (κ1) is 18.0. The van der Waals surface area contributed by atoms with Gasteiger partial charge in [-0.1, -0.05) is 63.6 Å².